The molecule has 21 heavy (non-hydrogen) atoms. The molecule has 6 heteroatoms. The van der Waals surface area contributed by atoms with Gasteiger partial charge < -0.3 is 15.2 Å². The van der Waals surface area contributed by atoms with Crippen LogP contribution in [0.1, 0.15) is 11.3 Å². The van der Waals surface area contributed by atoms with Crippen LogP contribution in [0.5, 0.6) is 5.75 Å². The summed E-state index contributed by atoms with van der Waals surface area (Å²) in [5, 5.41) is 17.3. The predicted molar refractivity (Wildman–Crippen MR) is 85.3 cm³/mol. The van der Waals surface area contributed by atoms with Gasteiger partial charge in [-0.15, -0.1) is 0 Å². The molecular weight excluding hydrogens is 334 g/mol. The van der Waals surface area contributed by atoms with E-state index in [-0.39, 0.29) is 6.61 Å². The Bertz CT molecular complexity index is 569. The number of nitrogens with zero attached hydrogens (tertiary/aromatic N) is 2. The van der Waals surface area contributed by atoms with Crippen molar-refractivity contribution in [3.8, 4) is 5.75 Å². The van der Waals surface area contributed by atoms with Crippen molar-refractivity contribution in [2.24, 2.45) is 7.05 Å². The zero-order valence-electron chi connectivity index (χ0n) is 12.2. The highest BCUT2D eigenvalue weighted by Crippen LogP contribution is 2.16. The van der Waals surface area contributed by atoms with E-state index in [0.717, 1.165) is 21.5 Å². The number of halogens is 1. The Balaban J connectivity index is 1.69. The molecule has 0 amide bonds. The number of benzene rings is 1. The van der Waals surface area contributed by atoms with Crippen molar-refractivity contribution in [3.63, 3.8) is 0 Å². The van der Waals surface area contributed by atoms with Gasteiger partial charge in [0.05, 0.1) is 6.20 Å². The summed E-state index contributed by atoms with van der Waals surface area (Å²) in [5.41, 5.74) is 2.27. The predicted octanol–water partition coefficient (Wildman–Crippen LogP) is 2.02. The monoisotopic (exact) mass is 353 g/mol. The van der Waals surface area contributed by atoms with Gasteiger partial charge in [-0.25, -0.2) is 0 Å². The van der Waals surface area contributed by atoms with Crippen molar-refractivity contribution < 1.29 is 9.84 Å². The Morgan fingerprint density at radius 2 is 2.10 bits per heavy atom. The molecule has 0 aliphatic heterocycles. The maximum atomic E-state index is 9.90. The molecule has 1 heterocycles. The SMILES string of the molecule is Cc1c(CNCC(O)COc2ccc(Br)cc2)cnn1C. The van der Waals surface area contributed by atoms with Crippen molar-refractivity contribution in [1.82, 2.24) is 15.1 Å². The zero-order chi connectivity index (χ0) is 15.2. The molecule has 0 bridgehead atoms. The van der Waals surface area contributed by atoms with Crippen molar-refractivity contribution in [2.45, 2.75) is 19.6 Å². The van der Waals surface area contributed by atoms with Crippen molar-refractivity contribution >= 4 is 15.9 Å². The normalized spacial score (nSPS) is 12.4. The fourth-order valence-corrected chi connectivity index (χ4v) is 2.14. The Kier molecular flexibility index (Phi) is 5.78. The maximum absolute atomic E-state index is 9.90. The third-order valence-corrected chi connectivity index (χ3v) is 3.82. The average Bonchev–Trinajstić information content (AvgIpc) is 2.79. The van der Waals surface area contributed by atoms with E-state index < -0.39 is 6.10 Å². The zero-order valence-corrected chi connectivity index (χ0v) is 13.8. The molecule has 0 radical (unpaired) electrons. The lowest BCUT2D eigenvalue weighted by Crippen LogP contribution is -2.31. The van der Waals surface area contributed by atoms with E-state index in [1.807, 2.05) is 49.1 Å². The molecule has 1 aromatic carbocycles. The number of rotatable bonds is 7. The van der Waals surface area contributed by atoms with Gasteiger partial charge in [-0.05, 0) is 31.2 Å². The van der Waals surface area contributed by atoms with E-state index in [1.165, 1.54) is 0 Å². The van der Waals surface area contributed by atoms with Gasteiger partial charge in [0.2, 0.25) is 0 Å². The van der Waals surface area contributed by atoms with Crippen molar-refractivity contribution in [1.29, 1.82) is 0 Å². The molecule has 0 saturated carbocycles. The van der Waals surface area contributed by atoms with Crippen LogP contribution in [0.15, 0.2) is 34.9 Å². The van der Waals surface area contributed by atoms with E-state index in [4.69, 9.17) is 4.74 Å². The largest absolute Gasteiger partial charge is 0.491 e. The number of nitrogens with one attached hydrogen (secondary N) is 1. The highest BCUT2D eigenvalue weighted by atomic mass is 79.9. The minimum Gasteiger partial charge on any atom is -0.491 e. The first-order valence-corrected chi connectivity index (χ1v) is 7.60. The van der Waals surface area contributed by atoms with Crippen LogP contribution in [0.3, 0.4) is 0 Å². The summed E-state index contributed by atoms with van der Waals surface area (Å²) >= 11 is 3.37. The van der Waals surface area contributed by atoms with Gasteiger partial charge in [0.1, 0.15) is 18.5 Å². The number of ether oxygens (including phenoxy) is 1. The number of aryl methyl sites for hydroxylation is 1. The van der Waals surface area contributed by atoms with Crippen molar-refractivity contribution in [3.05, 3.63) is 46.2 Å². The molecule has 0 aliphatic rings. The summed E-state index contributed by atoms with van der Waals surface area (Å²) in [6.07, 6.45) is 1.29. The van der Waals surface area contributed by atoms with Gasteiger partial charge >= 0.3 is 0 Å². The lowest BCUT2D eigenvalue weighted by atomic mass is 10.2. The van der Waals surface area contributed by atoms with Gasteiger partial charge in [-0.3, -0.25) is 4.68 Å². The summed E-state index contributed by atoms with van der Waals surface area (Å²) in [7, 11) is 1.92. The molecule has 114 valence electrons. The van der Waals surface area contributed by atoms with Gasteiger partial charge in [-0.1, -0.05) is 15.9 Å². The second kappa shape index (κ2) is 7.59. The smallest absolute Gasteiger partial charge is 0.119 e. The minimum absolute atomic E-state index is 0.265. The van der Waals surface area contributed by atoms with Gasteiger partial charge in [0.15, 0.2) is 0 Å². The first-order valence-electron chi connectivity index (χ1n) is 6.81. The molecule has 0 aliphatic carbocycles. The van der Waals surface area contributed by atoms with Crippen LogP contribution in [0.25, 0.3) is 0 Å². The lowest BCUT2D eigenvalue weighted by Gasteiger charge is -2.13. The standard InChI is InChI=1S/C15H20BrN3O2/c1-11-12(8-18-19(11)2)7-17-9-14(20)10-21-15-5-3-13(16)4-6-15/h3-6,8,14,17,20H,7,9-10H2,1-2H3. The van der Waals surface area contributed by atoms with Crippen LogP contribution in [0.4, 0.5) is 0 Å². The minimum atomic E-state index is -0.550. The number of aliphatic hydroxyl groups excluding tert-OH is 1. The molecular formula is C15H20BrN3O2. The van der Waals surface area contributed by atoms with Crippen LogP contribution in [-0.4, -0.2) is 34.1 Å². The molecule has 0 fully saturated rings. The number of hydrogen-bond donors (Lipinski definition) is 2. The third kappa shape index (κ3) is 4.84. The van der Waals surface area contributed by atoms with E-state index in [0.29, 0.717) is 13.1 Å². The quantitative estimate of drug-likeness (QED) is 0.799. The fraction of sp³-hybridized carbons (Fsp3) is 0.400. The highest BCUT2D eigenvalue weighted by molar-refractivity contribution is 9.10. The number of hydrogen-bond acceptors (Lipinski definition) is 4. The van der Waals surface area contributed by atoms with Crippen LogP contribution in [-0.2, 0) is 13.6 Å². The first kappa shape index (κ1) is 16.0. The first-order chi connectivity index (χ1) is 10.1. The lowest BCUT2D eigenvalue weighted by molar-refractivity contribution is 0.106. The Labute approximate surface area is 133 Å². The van der Waals surface area contributed by atoms with Crippen molar-refractivity contribution in [2.75, 3.05) is 13.2 Å². The van der Waals surface area contributed by atoms with Crippen LogP contribution in [0, 0.1) is 6.92 Å². The summed E-state index contributed by atoms with van der Waals surface area (Å²) in [6, 6.07) is 7.54. The van der Waals surface area contributed by atoms with E-state index in [9.17, 15) is 5.11 Å². The Morgan fingerprint density at radius 1 is 1.38 bits per heavy atom. The Hall–Kier alpha value is -1.37. The van der Waals surface area contributed by atoms with E-state index in [1.54, 1.807) is 0 Å². The molecule has 2 rings (SSSR count). The van der Waals surface area contributed by atoms with E-state index >= 15 is 0 Å². The fourth-order valence-electron chi connectivity index (χ4n) is 1.87. The second-order valence-electron chi connectivity index (χ2n) is 4.93. The van der Waals surface area contributed by atoms with Gasteiger partial charge in [-0.2, -0.15) is 5.10 Å². The molecule has 2 aromatic rings. The summed E-state index contributed by atoms with van der Waals surface area (Å²) in [6.45, 7) is 3.46. The molecule has 2 N–H and O–H groups in total. The van der Waals surface area contributed by atoms with Crippen LogP contribution >= 0.6 is 15.9 Å². The van der Waals surface area contributed by atoms with E-state index in [2.05, 4.69) is 26.3 Å². The van der Waals surface area contributed by atoms with Gasteiger partial charge in [0, 0.05) is 35.9 Å². The highest BCUT2D eigenvalue weighted by Gasteiger charge is 2.07. The molecule has 1 atom stereocenters. The summed E-state index contributed by atoms with van der Waals surface area (Å²) in [4.78, 5) is 0. The third-order valence-electron chi connectivity index (χ3n) is 3.29. The Morgan fingerprint density at radius 3 is 2.71 bits per heavy atom. The molecule has 1 aromatic heterocycles. The molecule has 0 saturated heterocycles. The number of aliphatic hydroxyl groups is 1. The second-order valence-corrected chi connectivity index (χ2v) is 5.84. The average molecular weight is 354 g/mol. The summed E-state index contributed by atoms with van der Waals surface area (Å²) < 4.78 is 8.37. The molecule has 0 spiro atoms. The van der Waals surface area contributed by atoms with Crippen LogP contribution in [0.2, 0.25) is 0 Å². The molecule has 5 nitrogen and oxygen atoms in total. The topological polar surface area (TPSA) is 59.3 Å². The van der Waals surface area contributed by atoms with Crippen LogP contribution < -0.4 is 10.1 Å². The number of aromatic nitrogens is 2. The van der Waals surface area contributed by atoms with Gasteiger partial charge in [0.25, 0.3) is 0 Å². The maximum Gasteiger partial charge on any atom is 0.119 e. The molecule has 1 unspecified atom stereocenters. The summed E-state index contributed by atoms with van der Waals surface area (Å²) in [5.74, 6) is 0.750.